The van der Waals surface area contributed by atoms with Gasteiger partial charge in [-0.3, -0.25) is 9.36 Å². The van der Waals surface area contributed by atoms with Crippen LogP contribution in [0, 0.1) is 18.6 Å². The van der Waals surface area contributed by atoms with Gasteiger partial charge in [-0.15, -0.1) is 0 Å². The Kier molecular flexibility index (Phi) is 5.17. The second-order valence-electron chi connectivity index (χ2n) is 6.39. The van der Waals surface area contributed by atoms with Gasteiger partial charge in [0.15, 0.2) is 0 Å². The Morgan fingerprint density at radius 3 is 2.43 bits per heavy atom. The van der Waals surface area contributed by atoms with E-state index in [1.165, 1.54) is 6.33 Å². The van der Waals surface area contributed by atoms with Gasteiger partial charge in [0.05, 0.1) is 5.56 Å². The highest BCUT2D eigenvalue weighted by Gasteiger charge is 2.12. The number of aromatic nitrogens is 4. The zero-order valence-electron chi connectivity index (χ0n) is 15.8. The summed E-state index contributed by atoms with van der Waals surface area (Å²) in [6.45, 7) is 1.88. The Morgan fingerprint density at radius 2 is 1.73 bits per heavy atom. The summed E-state index contributed by atoms with van der Waals surface area (Å²) in [5.41, 5.74) is 0.960. The van der Waals surface area contributed by atoms with Crippen LogP contribution in [-0.2, 0) is 0 Å². The number of anilines is 3. The van der Waals surface area contributed by atoms with E-state index in [0.717, 1.165) is 23.6 Å². The van der Waals surface area contributed by atoms with Gasteiger partial charge in [-0.05, 0) is 43.3 Å². The van der Waals surface area contributed by atoms with Gasteiger partial charge in [0.1, 0.15) is 35.4 Å². The normalized spacial score (nSPS) is 10.6. The largest absolute Gasteiger partial charge is 0.340 e. The Labute approximate surface area is 170 Å². The molecule has 0 aliphatic rings. The van der Waals surface area contributed by atoms with Gasteiger partial charge in [-0.1, -0.05) is 0 Å². The molecule has 30 heavy (non-hydrogen) atoms. The average molecular weight is 406 g/mol. The Morgan fingerprint density at radius 1 is 0.967 bits per heavy atom. The maximum Gasteiger partial charge on any atom is 0.258 e. The van der Waals surface area contributed by atoms with E-state index in [4.69, 9.17) is 0 Å². The summed E-state index contributed by atoms with van der Waals surface area (Å²) in [5.74, 6) is -0.262. The number of carbonyl (C=O) groups is 1. The molecule has 2 aromatic heterocycles. The summed E-state index contributed by atoms with van der Waals surface area (Å²) >= 11 is 0. The van der Waals surface area contributed by atoms with Gasteiger partial charge >= 0.3 is 0 Å². The first-order chi connectivity index (χ1) is 14.5. The first-order valence-corrected chi connectivity index (χ1v) is 8.95. The van der Waals surface area contributed by atoms with Crippen LogP contribution in [0.5, 0.6) is 0 Å². The van der Waals surface area contributed by atoms with Crippen LogP contribution in [0.3, 0.4) is 0 Å². The van der Waals surface area contributed by atoms with Crippen molar-refractivity contribution in [1.29, 1.82) is 0 Å². The highest BCUT2D eigenvalue weighted by atomic mass is 19.1. The highest BCUT2D eigenvalue weighted by molar-refractivity contribution is 6.04. The number of carbonyl (C=O) groups excluding carboxylic acids is 1. The van der Waals surface area contributed by atoms with Gasteiger partial charge in [0.25, 0.3) is 5.91 Å². The maximum absolute atomic E-state index is 13.7. The number of halogens is 2. The molecule has 2 aromatic carbocycles. The summed E-state index contributed by atoms with van der Waals surface area (Å²) in [4.78, 5) is 24.8. The van der Waals surface area contributed by atoms with Crippen molar-refractivity contribution in [3.05, 3.63) is 90.3 Å². The van der Waals surface area contributed by atoms with Gasteiger partial charge in [0, 0.05) is 35.9 Å². The molecule has 9 heteroatoms. The van der Waals surface area contributed by atoms with Crippen LogP contribution >= 0.6 is 0 Å². The number of amides is 1. The molecule has 0 bridgehead atoms. The summed E-state index contributed by atoms with van der Waals surface area (Å²) in [5, 5.41) is 5.73. The number of aryl methyl sites for hydroxylation is 1. The third-order valence-electron chi connectivity index (χ3n) is 4.32. The molecule has 0 atom stereocenters. The van der Waals surface area contributed by atoms with Crippen molar-refractivity contribution >= 4 is 23.1 Å². The zero-order chi connectivity index (χ0) is 21.1. The summed E-state index contributed by atoms with van der Waals surface area (Å²) in [6.07, 6.45) is 4.95. The number of benzene rings is 2. The smallest absolute Gasteiger partial charge is 0.258 e. The van der Waals surface area contributed by atoms with Gasteiger partial charge < -0.3 is 10.6 Å². The second kappa shape index (κ2) is 8.08. The van der Waals surface area contributed by atoms with Crippen molar-refractivity contribution in [1.82, 2.24) is 19.5 Å². The molecule has 0 spiro atoms. The first-order valence-electron chi connectivity index (χ1n) is 8.95. The molecule has 2 N–H and O–H groups in total. The quantitative estimate of drug-likeness (QED) is 0.518. The molecule has 0 fully saturated rings. The molecule has 0 unspecified atom stereocenters. The second-order valence-corrected chi connectivity index (χ2v) is 6.39. The first kappa shape index (κ1) is 19.2. The lowest BCUT2D eigenvalue weighted by Gasteiger charge is -2.10. The van der Waals surface area contributed by atoms with Crippen molar-refractivity contribution in [3.8, 4) is 5.82 Å². The molecule has 0 saturated heterocycles. The van der Waals surface area contributed by atoms with E-state index in [-0.39, 0.29) is 5.56 Å². The lowest BCUT2D eigenvalue weighted by Crippen LogP contribution is -2.13. The van der Waals surface area contributed by atoms with Crippen LogP contribution < -0.4 is 10.6 Å². The standard InChI is InChI=1S/C21H16F2N6O/c1-13-24-8-9-29(13)20-11-19(25-12-26-20)27-15-3-5-16(6-4-15)28-21(30)17-7-2-14(22)10-18(17)23/h2-12H,1H3,(H,28,30)(H,25,26,27). The maximum atomic E-state index is 13.7. The molecule has 0 radical (unpaired) electrons. The molecule has 7 nitrogen and oxygen atoms in total. The summed E-state index contributed by atoms with van der Waals surface area (Å²) < 4.78 is 28.6. The monoisotopic (exact) mass is 406 g/mol. The summed E-state index contributed by atoms with van der Waals surface area (Å²) in [7, 11) is 0. The average Bonchev–Trinajstić information content (AvgIpc) is 3.15. The van der Waals surface area contributed by atoms with Gasteiger partial charge in [-0.2, -0.15) is 0 Å². The Hall–Kier alpha value is -4.14. The predicted molar refractivity (Wildman–Crippen MR) is 108 cm³/mol. The number of nitrogens with zero attached hydrogens (tertiary/aromatic N) is 4. The van der Waals surface area contributed by atoms with E-state index < -0.39 is 17.5 Å². The molecule has 4 aromatic rings. The Bertz CT molecular complexity index is 1210. The van der Waals surface area contributed by atoms with E-state index in [1.54, 1.807) is 36.5 Å². The van der Waals surface area contributed by atoms with Gasteiger partial charge in [-0.25, -0.2) is 23.7 Å². The number of hydrogen-bond donors (Lipinski definition) is 2. The molecular formula is C21H16F2N6O. The van der Waals surface area contributed by atoms with Crippen LogP contribution in [-0.4, -0.2) is 25.4 Å². The third kappa shape index (κ3) is 4.14. The van der Waals surface area contributed by atoms with Gasteiger partial charge in [0.2, 0.25) is 0 Å². The minimum absolute atomic E-state index is 0.234. The number of nitrogens with one attached hydrogen (secondary N) is 2. The molecule has 0 saturated carbocycles. The Balaban J connectivity index is 1.45. The molecule has 4 rings (SSSR count). The molecule has 1 amide bonds. The van der Waals surface area contributed by atoms with Crippen LogP contribution in [0.4, 0.5) is 26.0 Å². The van der Waals surface area contributed by atoms with Crippen LogP contribution in [0.15, 0.2) is 67.3 Å². The molecule has 2 heterocycles. The zero-order valence-corrected chi connectivity index (χ0v) is 15.8. The van der Waals surface area contributed by atoms with E-state index in [9.17, 15) is 13.6 Å². The van der Waals surface area contributed by atoms with E-state index in [0.29, 0.717) is 23.4 Å². The SMILES string of the molecule is Cc1nccn1-c1cc(Nc2ccc(NC(=O)c3ccc(F)cc3F)cc2)ncn1. The molecule has 0 aliphatic carbocycles. The molecule has 0 aliphatic heterocycles. The van der Waals surface area contributed by atoms with Crippen molar-refractivity contribution in [2.24, 2.45) is 0 Å². The minimum Gasteiger partial charge on any atom is -0.340 e. The van der Waals surface area contributed by atoms with E-state index in [1.807, 2.05) is 17.7 Å². The number of hydrogen-bond acceptors (Lipinski definition) is 5. The number of imidazole rings is 1. The number of rotatable bonds is 5. The van der Waals surface area contributed by atoms with Crippen molar-refractivity contribution < 1.29 is 13.6 Å². The lowest BCUT2D eigenvalue weighted by molar-refractivity contribution is 0.102. The fraction of sp³-hybridized carbons (Fsp3) is 0.0476. The predicted octanol–water partition coefficient (Wildman–Crippen LogP) is 4.24. The molecule has 150 valence electrons. The van der Waals surface area contributed by atoms with Crippen molar-refractivity contribution in [2.45, 2.75) is 6.92 Å². The fourth-order valence-corrected chi connectivity index (χ4v) is 2.82. The van der Waals surface area contributed by atoms with Crippen LogP contribution in [0.25, 0.3) is 5.82 Å². The minimum atomic E-state index is -0.918. The topological polar surface area (TPSA) is 84.7 Å². The summed E-state index contributed by atoms with van der Waals surface area (Å²) in [6, 6.07) is 11.4. The third-order valence-corrected chi connectivity index (χ3v) is 4.32. The van der Waals surface area contributed by atoms with Crippen LogP contribution in [0.2, 0.25) is 0 Å². The fourth-order valence-electron chi connectivity index (χ4n) is 2.82. The van der Waals surface area contributed by atoms with Crippen LogP contribution in [0.1, 0.15) is 16.2 Å². The lowest BCUT2D eigenvalue weighted by atomic mass is 10.2. The van der Waals surface area contributed by atoms with Crippen molar-refractivity contribution in [3.63, 3.8) is 0 Å². The van der Waals surface area contributed by atoms with Crippen molar-refractivity contribution in [2.75, 3.05) is 10.6 Å². The highest BCUT2D eigenvalue weighted by Crippen LogP contribution is 2.20. The van der Waals surface area contributed by atoms with E-state index >= 15 is 0 Å². The van der Waals surface area contributed by atoms with E-state index in [2.05, 4.69) is 25.6 Å². The molecular weight excluding hydrogens is 390 g/mol.